The lowest BCUT2D eigenvalue weighted by Gasteiger charge is -2.36. The van der Waals surface area contributed by atoms with Crippen LogP contribution in [0.3, 0.4) is 0 Å². The monoisotopic (exact) mass is 236 g/mol. The number of rotatable bonds is 5. The summed E-state index contributed by atoms with van der Waals surface area (Å²) in [6.45, 7) is 8.92. The van der Waals surface area contributed by atoms with Crippen molar-refractivity contribution in [1.29, 1.82) is 5.41 Å². The van der Waals surface area contributed by atoms with E-state index in [1.165, 1.54) is 5.70 Å². The van der Waals surface area contributed by atoms with Gasteiger partial charge in [-0.25, -0.2) is 0 Å². The van der Waals surface area contributed by atoms with Crippen LogP contribution in [0.15, 0.2) is 23.9 Å². The largest absolute Gasteiger partial charge is 0.387 e. The van der Waals surface area contributed by atoms with E-state index < -0.39 is 0 Å². The third-order valence-electron chi connectivity index (χ3n) is 2.97. The summed E-state index contributed by atoms with van der Waals surface area (Å²) in [6.07, 6.45) is 7.53. The summed E-state index contributed by atoms with van der Waals surface area (Å²) in [5.41, 5.74) is 6.72. The topological polar surface area (TPSA) is 56.4 Å². The Kier molecular flexibility index (Phi) is 5.77. The number of nitrogens with one attached hydrogen (secondary N) is 1. The van der Waals surface area contributed by atoms with Crippen LogP contribution in [0.25, 0.3) is 0 Å². The van der Waals surface area contributed by atoms with Gasteiger partial charge in [-0.15, -0.1) is 0 Å². The molecule has 1 fully saturated rings. The van der Waals surface area contributed by atoms with Crippen LogP contribution in [0.2, 0.25) is 0 Å². The number of nitrogens with zero attached hydrogens (tertiary/aromatic N) is 2. The van der Waals surface area contributed by atoms with E-state index in [-0.39, 0.29) is 5.84 Å². The molecule has 0 aromatic carbocycles. The number of amidine groups is 1. The molecule has 1 heterocycles. The van der Waals surface area contributed by atoms with Gasteiger partial charge < -0.3 is 10.6 Å². The van der Waals surface area contributed by atoms with Gasteiger partial charge in [-0.1, -0.05) is 19.1 Å². The highest BCUT2D eigenvalue weighted by Crippen LogP contribution is 2.08. The van der Waals surface area contributed by atoms with Crippen molar-refractivity contribution in [3.63, 3.8) is 0 Å². The summed E-state index contributed by atoms with van der Waals surface area (Å²) in [4.78, 5) is 4.62. The maximum Gasteiger partial charge on any atom is 0.105 e. The van der Waals surface area contributed by atoms with Gasteiger partial charge in [0.15, 0.2) is 0 Å². The van der Waals surface area contributed by atoms with Gasteiger partial charge in [0.25, 0.3) is 0 Å². The zero-order valence-electron chi connectivity index (χ0n) is 10.9. The lowest BCUT2D eigenvalue weighted by Crippen LogP contribution is -2.47. The maximum absolute atomic E-state index is 7.28. The summed E-state index contributed by atoms with van der Waals surface area (Å²) < 4.78 is 0. The van der Waals surface area contributed by atoms with E-state index >= 15 is 0 Å². The Bertz CT molecular complexity index is 299. The Hall–Kier alpha value is -1.29. The van der Waals surface area contributed by atoms with Gasteiger partial charge in [-0.05, 0) is 19.4 Å². The van der Waals surface area contributed by atoms with Gasteiger partial charge in [0.05, 0.1) is 6.54 Å². The molecule has 0 amide bonds. The first-order valence-electron chi connectivity index (χ1n) is 6.27. The fourth-order valence-electron chi connectivity index (χ4n) is 1.95. The molecular formula is C13H24N4. The van der Waals surface area contributed by atoms with E-state index in [1.807, 2.05) is 0 Å². The molecule has 0 aromatic rings. The average Bonchev–Trinajstić information content (AvgIpc) is 2.29. The zero-order valence-corrected chi connectivity index (χ0v) is 10.9. The minimum absolute atomic E-state index is 0.261. The second-order valence-corrected chi connectivity index (χ2v) is 4.43. The van der Waals surface area contributed by atoms with Crippen LogP contribution in [-0.2, 0) is 0 Å². The number of piperazine rings is 1. The number of nitrogens with two attached hydrogens (primary N) is 1. The van der Waals surface area contributed by atoms with E-state index in [0.717, 1.165) is 32.6 Å². The number of allylic oxidation sites excluding steroid dienone is 4. The van der Waals surface area contributed by atoms with Crippen molar-refractivity contribution in [2.24, 2.45) is 5.73 Å². The standard InChI is InChI=1S/C13H24N4/c1-3-4-5-6-12(2)17-9-7-16(8-10-17)11-13(14)15/h4-6H,3,7-11H2,1-2H3,(H3,14,15)/b5-4-,12-6+. The summed E-state index contributed by atoms with van der Waals surface area (Å²) in [7, 11) is 0. The van der Waals surface area contributed by atoms with Gasteiger partial charge >= 0.3 is 0 Å². The molecular weight excluding hydrogens is 212 g/mol. The number of hydrogen-bond acceptors (Lipinski definition) is 3. The molecule has 17 heavy (non-hydrogen) atoms. The lowest BCUT2D eigenvalue weighted by molar-refractivity contribution is 0.175. The molecule has 0 unspecified atom stereocenters. The molecule has 0 saturated carbocycles. The quantitative estimate of drug-likeness (QED) is 0.431. The van der Waals surface area contributed by atoms with Gasteiger partial charge in [0.2, 0.25) is 0 Å². The summed E-state index contributed by atoms with van der Waals surface area (Å²) in [6, 6.07) is 0. The molecule has 0 atom stereocenters. The lowest BCUT2D eigenvalue weighted by atomic mass is 10.2. The van der Waals surface area contributed by atoms with E-state index in [1.54, 1.807) is 0 Å². The van der Waals surface area contributed by atoms with E-state index in [9.17, 15) is 0 Å². The third kappa shape index (κ3) is 5.04. The normalized spacial score (nSPS) is 18.9. The Labute approximate surface area is 104 Å². The van der Waals surface area contributed by atoms with Gasteiger partial charge in [0.1, 0.15) is 5.84 Å². The smallest absolute Gasteiger partial charge is 0.105 e. The van der Waals surface area contributed by atoms with Crippen molar-refractivity contribution in [2.45, 2.75) is 20.3 Å². The van der Waals surface area contributed by atoms with Crippen LogP contribution >= 0.6 is 0 Å². The highest BCUT2D eigenvalue weighted by atomic mass is 15.3. The molecule has 0 bridgehead atoms. The first kappa shape index (κ1) is 13.8. The second kappa shape index (κ2) is 7.12. The fourth-order valence-corrected chi connectivity index (χ4v) is 1.95. The molecule has 0 aromatic heterocycles. The first-order chi connectivity index (χ1) is 8.13. The predicted molar refractivity (Wildman–Crippen MR) is 73.1 cm³/mol. The molecule has 1 rings (SSSR count). The minimum atomic E-state index is 0.261. The Balaban J connectivity index is 2.38. The molecule has 3 N–H and O–H groups in total. The summed E-state index contributed by atoms with van der Waals surface area (Å²) in [5.74, 6) is 0.261. The van der Waals surface area contributed by atoms with Gasteiger partial charge in [0, 0.05) is 31.9 Å². The van der Waals surface area contributed by atoms with Crippen molar-refractivity contribution >= 4 is 5.84 Å². The summed E-state index contributed by atoms with van der Waals surface area (Å²) >= 11 is 0. The van der Waals surface area contributed by atoms with Crippen LogP contribution < -0.4 is 5.73 Å². The predicted octanol–water partition coefficient (Wildman–Crippen LogP) is 1.41. The highest BCUT2D eigenvalue weighted by Gasteiger charge is 2.16. The van der Waals surface area contributed by atoms with Crippen LogP contribution in [0.1, 0.15) is 20.3 Å². The SMILES string of the molecule is CC/C=C\C=C(/C)N1CCN(CC(=N)N)CC1. The maximum atomic E-state index is 7.28. The van der Waals surface area contributed by atoms with E-state index in [2.05, 4.69) is 41.9 Å². The first-order valence-corrected chi connectivity index (χ1v) is 6.27. The van der Waals surface area contributed by atoms with Crippen LogP contribution in [-0.4, -0.2) is 48.4 Å². The molecule has 0 aliphatic carbocycles. The molecule has 4 nitrogen and oxygen atoms in total. The van der Waals surface area contributed by atoms with Crippen molar-refractivity contribution in [3.8, 4) is 0 Å². The molecule has 1 aliphatic rings. The molecule has 0 radical (unpaired) electrons. The minimum Gasteiger partial charge on any atom is -0.387 e. The Morgan fingerprint density at radius 3 is 2.47 bits per heavy atom. The third-order valence-corrected chi connectivity index (χ3v) is 2.97. The second-order valence-electron chi connectivity index (χ2n) is 4.43. The molecule has 1 saturated heterocycles. The molecule has 96 valence electrons. The molecule has 1 aliphatic heterocycles. The average molecular weight is 236 g/mol. The van der Waals surface area contributed by atoms with Crippen LogP contribution in [0.4, 0.5) is 0 Å². The van der Waals surface area contributed by atoms with Crippen LogP contribution in [0.5, 0.6) is 0 Å². The Morgan fingerprint density at radius 2 is 1.94 bits per heavy atom. The van der Waals surface area contributed by atoms with Gasteiger partial charge in [-0.2, -0.15) is 0 Å². The number of hydrogen-bond donors (Lipinski definition) is 2. The molecule has 0 spiro atoms. The van der Waals surface area contributed by atoms with Crippen LogP contribution in [0, 0.1) is 5.41 Å². The van der Waals surface area contributed by atoms with E-state index in [4.69, 9.17) is 11.1 Å². The summed E-state index contributed by atoms with van der Waals surface area (Å²) in [5, 5.41) is 7.28. The van der Waals surface area contributed by atoms with E-state index in [0.29, 0.717) is 6.54 Å². The highest BCUT2D eigenvalue weighted by molar-refractivity contribution is 5.78. The molecule has 4 heteroatoms. The zero-order chi connectivity index (χ0) is 12.7. The Morgan fingerprint density at radius 1 is 1.29 bits per heavy atom. The van der Waals surface area contributed by atoms with Crippen molar-refractivity contribution in [1.82, 2.24) is 9.80 Å². The van der Waals surface area contributed by atoms with Crippen molar-refractivity contribution in [2.75, 3.05) is 32.7 Å². The fraction of sp³-hybridized carbons (Fsp3) is 0.615. The van der Waals surface area contributed by atoms with Crippen molar-refractivity contribution < 1.29 is 0 Å². The van der Waals surface area contributed by atoms with Gasteiger partial charge in [-0.3, -0.25) is 10.3 Å². The van der Waals surface area contributed by atoms with Crippen molar-refractivity contribution in [3.05, 3.63) is 23.9 Å².